The quantitative estimate of drug-likeness (QED) is 0.835. The number of carbonyl (C=O) groups is 1. The van der Waals surface area contributed by atoms with Crippen LogP contribution in [0.2, 0.25) is 0 Å². The molecule has 0 radical (unpaired) electrons. The lowest BCUT2D eigenvalue weighted by Crippen LogP contribution is -1.92. The number of ether oxygens (including phenoxy) is 1. The van der Waals surface area contributed by atoms with E-state index in [1.54, 1.807) is 24.3 Å². The van der Waals surface area contributed by atoms with E-state index in [-0.39, 0.29) is 12.4 Å². The van der Waals surface area contributed by atoms with Gasteiger partial charge in [0.25, 0.3) is 0 Å². The van der Waals surface area contributed by atoms with Crippen molar-refractivity contribution >= 4 is 5.78 Å². The highest BCUT2D eigenvalue weighted by atomic mass is 16.5. The number of aliphatic hydroxyl groups excluding tert-OH is 1. The van der Waals surface area contributed by atoms with Crippen LogP contribution in [-0.2, 0) is 6.42 Å². The van der Waals surface area contributed by atoms with Crippen molar-refractivity contribution in [2.24, 2.45) is 0 Å². The Morgan fingerprint density at radius 2 is 1.53 bits per heavy atom. The standard InChI is InChI=1S/C16H16O3/c1-12(18)14-4-8-16(9-5-14)19-15-6-2-13(3-7-15)10-11-17/h2-9,17H,10-11H2,1H3. The van der Waals surface area contributed by atoms with Crippen molar-refractivity contribution in [2.45, 2.75) is 13.3 Å². The average Bonchev–Trinajstić information content (AvgIpc) is 2.42. The molecule has 0 atom stereocenters. The van der Waals surface area contributed by atoms with Crippen molar-refractivity contribution in [1.29, 1.82) is 0 Å². The number of ketones is 1. The van der Waals surface area contributed by atoms with E-state index < -0.39 is 0 Å². The minimum absolute atomic E-state index is 0.0416. The molecule has 0 unspecified atom stereocenters. The highest BCUT2D eigenvalue weighted by Crippen LogP contribution is 2.22. The molecule has 98 valence electrons. The molecule has 0 aliphatic rings. The molecule has 2 aromatic carbocycles. The van der Waals surface area contributed by atoms with Gasteiger partial charge in [0.05, 0.1) is 0 Å². The summed E-state index contributed by atoms with van der Waals surface area (Å²) >= 11 is 0. The van der Waals surface area contributed by atoms with Gasteiger partial charge in [-0.25, -0.2) is 0 Å². The number of carbonyl (C=O) groups excluding carboxylic acids is 1. The molecule has 1 N–H and O–H groups in total. The van der Waals surface area contributed by atoms with Crippen molar-refractivity contribution in [1.82, 2.24) is 0 Å². The summed E-state index contributed by atoms with van der Waals surface area (Å²) < 4.78 is 5.67. The molecule has 3 heteroatoms. The zero-order valence-electron chi connectivity index (χ0n) is 10.8. The second kappa shape index (κ2) is 6.16. The van der Waals surface area contributed by atoms with Crippen LogP contribution in [0.15, 0.2) is 48.5 Å². The zero-order chi connectivity index (χ0) is 13.7. The van der Waals surface area contributed by atoms with Crippen LogP contribution in [0.4, 0.5) is 0 Å². The Labute approximate surface area is 112 Å². The molecule has 0 bridgehead atoms. The summed E-state index contributed by atoms with van der Waals surface area (Å²) in [6.45, 7) is 1.68. The topological polar surface area (TPSA) is 46.5 Å². The fourth-order valence-electron chi connectivity index (χ4n) is 1.75. The average molecular weight is 256 g/mol. The largest absolute Gasteiger partial charge is 0.457 e. The van der Waals surface area contributed by atoms with E-state index in [1.807, 2.05) is 24.3 Å². The normalized spacial score (nSPS) is 10.2. The number of rotatable bonds is 5. The predicted molar refractivity (Wildman–Crippen MR) is 73.8 cm³/mol. The minimum Gasteiger partial charge on any atom is -0.457 e. The van der Waals surface area contributed by atoms with Gasteiger partial charge in [-0.1, -0.05) is 12.1 Å². The van der Waals surface area contributed by atoms with Gasteiger partial charge < -0.3 is 9.84 Å². The maximum absolute atomic E-state index is 11.2. The maximum atomic E-state index is 11.2. The molecule has 0 aliphatic carbocycles. The first kappa shape index (κ1) is 13.3. The number of Topliss-reactive ketones (excluding diaryl/α,β-unsaturated/α-hetero) is 1. The third kappa shape index (κ3) is 3.66. The molecule has 2 rings (SSSR count). The lowest BCUT2D eigenvalue weighted by Gasteiger charge is -2.07. The summed E-state index contributed by atoms with van der Waals surface area (Å²) in [4.78, 5) is 11.2. The van der Waals surface area contributed by atoms with Gasteiger partial charge >= 0.3 is 0 Å². The number of aliphatic hydroxyl groups is 1. The molecule has 3 nitrogen and oxygen atoms in total. The molecule has 0 aromatic heterocycles. The highest BCUT2D eigenvalue weighted by molar-refractivity contribution is 5.94. The zero-order valence-corrected chi connectivity index (χ0v) is 10.8. The summed E-state index contributed by atoms with van der Waals surface area (Å²) in [5.41, 5.74) is 1.74. The predicted octanol–water partition coefficient (Wildman–Crippen LogP) is 3.22. The Morgan fingerprint density at radius 1 is 1.00 bits per heavy atom. The molecular formula is C16H16O3. The van der Waals surface area contributed by atoms with E-state index >= 15 is 0 Å². The van der Waals surface area contributed by atoms with Gasteiger partial charge in [-0.2, -0.15) is 0 Å². The lowest BCUT2D eigenvalue weighted by atomic mass is 10.1. The van der Waals surface area contributed by atoms with Crippen LogP contribution in [0.1, 0.15) is 22.8 Å². The molecule has 2 aromatic rings. The van der Waals surface area contributed by atoms with Crippen LogP contribution < -0.4 is 4.74 Å². The monoisotopic (exact) mass is 256 g/mol. The Morgan fingerprint density at radius 3 is 2.00 bits per heavy atom. The molecule has 0 saturated carbocycles. The second-order valence-corrected chi connectivity index (χ2v) is 4.30. The summed E-state index contributed by atoms with van der Waals surface area (Å²) in [6, 6.07) is 14.6. The van der Waals surface area contributed by atoms with Gasteiger partial charge in [0, 0.05) is 12.2 Å². The van der Waals surface area contributed by atoms with Gasteiger partial charge in [-0.3, -0.25) is 4.79 Å². The van der Waals surface area contributed by atoms with E-state index in [9.17, 15) is 4.79 Å². The summed E-state index contributed by atoms with van der Waals surface area (Å²) in [5, 5.41) is 8.84. The van der Waals surface area contributed by atoms with Crippen molar-refractivity contribution in [3.05, 3.63) is 59.7 Å². The van der Waals surface area contributed by atoms with E-state index in [0.717, 1.165) is 11.3 Å². The lowest BCUT2D eigenvalue weighted by molar-refractivity contribution is 0.101. The first-order chi connectivity index (χ1) is 9.19. The molecule has 0 amide bonds. The molecule has 0 saturated heterocycles. The van der Waals surface area contributed by atoms with Crippen LogP contribution in [0.5, 0.6) is 11.5 Å². The van der Waals surface area contributed by atoms with Crippen LogP contribution >= 0.6 is 0 Å². The third-order valence-electron chi connectivity index (χ3n) is 2.82. The van der Waals surface area contributed by atoms with E-state index in [0.29, 0.717) is 17.7 Å². The molecule has 0 aliphatic heterocycles. The number of benzene rings is 2. The number of hydrogen-bond donors (Lipinski definition) is 1. The Kier molecular flexibility index (Phi) is 4.31. The number of hydrogen-bond acceptors (Lipinski definition) is 3. The van der Waals surface area contributed by atoms with Crippen molar-refractivity contribution in [3.63, 3.8) is 0 Å². The highest BCUT2D eigenvalue weighted by Gasteiger charge is 2.01. The summed E-state index contributed by atoms with van der Waals surface area (Å²) in [6.07, 6.45) is 0.646. The SMILES string of the molecule is CC(=O)c1ccc(Oc2ccc(CCO)cc2)cc1. The van der Waals surface area contributed by atoms with Crippen molar-refractivity contribution in [2.75, 3.05) is 6.61 Å². The van der Waals surface area contributed by atoms with Gasteiger partial charge in [0.2, 0.25) is 0 Å². The molecular weight excluding hydrogens is 240 g/mol. The molecule has 19 heavy (non-hydrogen) atoms. The Bertz CT molecular complexity index is 541. The Hall–Kier alpha value is -2.13. The van der Waals surface area contributed by atoms with E-state index in [2.05, 4.69) is 0 Å². The molecule has 0 heterocycles. The summed E-state index contributed by atoms with van der Waals surface area (Å²) in [7, 11) is 0. The van der Waals surface area contributed by atoms with Gasteiger partial charge in [0.15, 0.2) is 5.78 Å². The van der Waals surface area contributed by atoms with E-state index in [1.165, 1.54) is 6.92 Å². The second-order valence-electron chi connectivity index (χ2n) is 4.30. The van der Waals surface area contributed by atoms with Gasteiger partial charge in [-0.05, 0) is 55.3 Å². The summed E-state index contributed by atoms with van der Waals surface area (Å²) in [5.74, 6) is 1.47. The third-order valence-corrected chi connectivity index (χ3v) is 2.82. The molecule has 0 spiro atoms. The van der Waals surface area contributed by atoms with Crippen molar-refractivity contribution < 1.29 is 14.6 Å². The first-order valence-corrected chi connectivity index (χ1v) is 6.17. The first-order valence-electron chi connectivity index (χ1n) is 6.17. The fraction of sp³-hybridized carbons (Fsp3) is 0.188. The van der Waals surface area contributed by atoms with Crippen LogP contribution in [-0.4, -0.2) is 17.5 Å². The van der Waals surface area contributed by atoms with Gasteiger partial charge in [-0.15, -0.1) is 0 Å². The van der Waals surface area contributed by atoms with Gasteiger partial charge in [0.1, 0.15) is 11.5 Å². The van der Waals surface area contributed by atoms with Crippen LogP contribution in [0.25, 0.3) is 0 Å². The van der Waals surface area contributed by atoms with E-state index in [4.69, 9.17) is 9.84 Å². The van der Waals surface area contributed by atoms with Crippen molar-refractivity contribution in [3.8, 4) is 11.5 Å². The van der Waals surface area contributed by atoms with Crippen LogP contribution in [0.3, 0.4) is 0 Å². The maximum Gasteiger partial charge on any atom is 0.159 e. The van der Waals surface area contributed by atoms with Crippen LogP contribution in [0, 0.1) is 0 Å². The minimum atomic E-state index is 0.0416. The smallest absolute Gasteiger partial charge is 0.159 e. The fourth-order valence-corrected chi connectivity index (χ4v) is 1.75. The Balaban J connectivity index is 2.06. The molecule has 0 fully saturated rings.